The van der Waals surface area contributed by atoms with Crippen LogP contribution in [-0.2, 0) is 13.6 Å². The molecule has 0 amide bonds. The van der Waals surface area contributed by atoms with Gasteiger partial charge >= 0.3 is 0 Å². The molecule has 0 radical (unpaired) electrons. The van der Waals surface area contributed by atoms with Crippen molar-refractivity contribution in [2.24, 2.45) is 13.0 Å². The van der Waals surface area contributed by atoms with E-state index in [0.29, 0.717) is 6.04 Å². The van der Waals surface area contributed by atoms with E-state index in [1.165, 1.54) is 25.7 Å². The molecule has 1 aliphatic rings. The van der Waals surface area contributed by atoms with Crippen molar-refractivity contribution in [1.29, 1.82) is 0 Å². The molecule has 0 unspecified atom stereocenters. The van der Waals surface area contributed by atoms with Crippen LogP contribution in [0.3, 0.4) is 0 Å². The molecule has 0 saturated heterocycles. The van der Waals surface area contributed by atoms with Gasteiger partial charge in [-0.25, -0.2) is 0 Å². The largest absolute Gasteiger partial charge is 0.308 e. The molecule has 1 atom stereocenters. The van der Waals surface area contributed by atoms with Gasteiger partial charge in [-0.1, -0.05) is 18.1 Å². The zero-order valence-corrected chi connectivity index (χ0v) is 9.61. The maximum Gasteiger partial charge on any atom is 0.0964 e. The Bertz CT molecular complexity index is 301. The second-order valence-electron chi connectivity index (χ2n) is 4.60. The third-order valence-electron chi connectivity index (χ3n) is 3.36. The molecule has 84 valence electrons. The number of hydrogen-bond donors (Lipinski definition) is 1. The monoisotopic (exact) mass is 208 g/mol. The highest BCUT2D eigenvalue weighted by atomic mass is 15.4. The fourth-order valence-corrected chi connectivity index (χ4v) is 2.37. The Morgan fingerprint density at radius 1 is 1.53 bits per heavy atom. The van der Waals surface area contributed by atoms with E-state index in [2.05, 4.69) is 22.6 Å². The molecule has 1 aromatic rings. The van der Waals surface area contributed by atoms with E-state index < -0.39 is 0 Å². The first kappa shape index (κ1) is 10.6. The van der Waals surface area contributed by atoms with E-state index in [4.69, 9.17) is 0 Å². The maximum absolute atomic E-state index is 4.06. The summed E-state index contributed by atoms with van der Waals surface area (Å²) in [4.78, 5) is 0. The molecule has 1 N–H and O–H groups in total. The van der Waals surface area contributed by atoms with Crippen LogP contribution in [0.15, 0.2) is 6.20 Å². The average Bonchev–Trinajstić information content (AvgIpc) is 2.84. The van der Waals surface area contributed by atoms with Gasteiger partial charge in [0.1, 0.15) is 0 Å². The lowest BCUT2D eigenvalue weighted by atomic mass is 10.00. The molecule has 0 spiro atoms. The van der Waals surface area contributed by atoms with Gasteiger partial charge in [-0.05, 0) is 25.7 Å². The first-order valence-corrected chi connectivity index (χ1v) is 5.84. The van der Waals surface area contributed by atoms with E-state index in [9.17, 15) is 0 Å². The van der Waals surface area contributed by atoms with Crippen molar-refractivity contribution in [3.8, 4) is 0 Å². The topological polar surface area (TPSA) is 42.7 Å². The van der Waals surface area contributed by atoms with Gasteiger partial charge in [-0.15, -0.1) is 5.10 Å². The van der Waals surface area contributed by atoms with Gasteiger partial charge in [-0.2, -0.15) is 0 Å². The zero-order valence-electron chi connectivity index (χ0n) is 9.61. The first-order chi connectivity index (χ1) is 7.25. The normalized spacial score (nSPS) is 19.6. The van der Waals surface area contributed by atoms with Crippen molar-refractivity contribution in [2.45, 2.75) is 45.2 Å². The molecule has 0 bridgehead atoms. The molecule has 1 saturated carbocycles. The molecule has 15 heavy (non-hydrogen) atoms. The van der Waals surface area contributed by atoms with Gasteiger partial charge in [0.2, 0.25) is 0 Å². The molecule has 0 aliphatic heterocycles. The molecule has 1 aromatic heterocycles. The van der Waals surface area contributed by atoms with Gasteiger partial charge in [0.25, 0.3) is 0 Å². The summed E-state index contributed by atoms with van der Waals surface area (Å²) in [6.45, 7) is 3.12. The average molecular weight is 208 g/mol. The van der Waals surface area contributed by atoms with Crippen molar-refractivity contribution in [3.63, 3.8) is 0 Å². The van der Waals surface area contributed by atoms with Crippen molar-refractivity contribution in [3.05, 3.63) is 11.9 Å². The van der Waals surface area contributed by atoms with Gasteiger partial charge in [0.05, 0.1) is 5.69 Å². The molecular formula is C11H20N4. The summed E-state index contributed by atoms with van der Waals surface area (Å²) in [5, 5.41) is 11.5. The highest BCUT2D eigenvalue weighted by Crippen LogP contribution is 2.27. The fourth-order valence-electron chi connectivity index (χ4n) is 2.37. The summed E-state index contributed by atoms with van der Waals surface area (Å²) in [5.41, 5.74) is 1.03. The Balaban J connectivity index is 1.77. The van der Waals surface area contributed by atoms with Crippen LogP contribution >= 0.6 is 0 Å². The van der Waals surface area contributed by atoms with Crippen LogP contribution in [0.1, 0.15) is 38.3 Å². The second kappa shape index (κ2) is 4.75. The molecule has 1 fully saturated rings. The van der Waals surface area contributed by atoms with Gasteiger partial charge in [0.15, 0.2) is 0 Å². The van der Waals surface area contributed by atoms with Crippen LogP contribution in [0.5, 0.6) is 0 Å². The van der Waals surface area contributed by atoms with Crippen molar-refractivity contribution in [2.75, 3.05) is 0 Å². The zero-order chi connectivity index (χ0) is 10.7. The quantitative estimate of drug-likeness (QED) is 0.815. The fraction of sp³-hybridized carbons (Fsp3) is 0.818. The predicted octanol–water partition coefficient (Wildman–Crippen LogP) is 1.48. The lowest BCUT2D eigenvalue weighted by molar-refractivity contribution is 0.379. The summed E-state index contributed by atoms with van der Waals surface area (Å²) in [5.74, 6) is 0.863. The number of hydrogen-bond acceptors (Lipinski definition) is 3. The van der Waals surface area contributed by atoms with Crippen LogP contribution in [0.4, 0.5) is 0 Å². The Labute approximate surface area is 91.1 Å². The Morgan fingerprint density at radius 3 is 2.87 bits per heavy atom. The standard InChI is InChI=1S/C11H20N4/c1-9(10-5-3-4-6-10)12-7-11-8-15(2)14-13-11/h8-10,12H,3-7H2,1-2H3/t9-/m1/s1. The van der Waals surface area contributed by atoms with E-state index in [1.54, 1.807) is 4.68 Å². The summed E-state index contributed by atoms with van der Waals surface area (Å²) < 4.78 is 1.75. The van der Waals surface area contributed by atoms with Crippen LogP contribution in [0, 0.1) is 5.92 Å². The highest BCUT2D eigenvalue weighted by molar-refractivity contribution is 4.92. The molecule has 4 heteroatoms. The van der Waals surface area contributed by atoms with Crippen LogP contribution < -0.4 is 5.32 Å². The predicted molar refractivity (Wildman–Crippen MR) is 59.3 cm³/mol. The summed E-state index contributed by atoms with van der Waals surface area (Å²) in [6.07, 6.45) is 7.54. The maximum atomic E-state index is 4.06. The summed E-state index contributed by atoms with van der Waals surface area (Å²) in [7, 11) is 1.90. The van der Waals surface area contributed by atoms with Gasteiger partial charge in [0, 0.05) is 25.8 Å². The molecule has 1 aliphatic carbocycles. The Morgan fingerprint density at radius 2 is 2.27 bits per heavy atom. The van der Waals surface area contributed by atoms with Crippen molar-refractivity contribution >= 4 is 0 Å². The third kappa shape index (κ3) is 2.78. The minimum absolute atomic E-state index is 0.606. The summed E-state index contributed by atoms with van der Waals surface area (Å²) in [6, 6.07) is 0.606. The lowest BCUT2D eigenvalue weighted by Gasteiger charge is -2.19. The SMILES string of the molecule is C[C@@H](NCc1cn(C)nn1)C1CCCC1. The van der Waals surface area contributed by atoms with Gasteiger partial charge < -0.3 is 5.32 Å². The molecule has 4 nitrogen and oxygen atoms in total. The van der Waals surface area contributed by atoms with E-state index in [-0.39, 0.29) is 0 Å². The number of nitrogens with one attached hydrogen (secondary N) is 1. The smallest absolute Gasteiger partial charge is 0.0964 e. The minimum Gasteiger partial charge on any atom is -0.308 e. The minimum atomic E-state index is 0.606. The lowest BCUT2D eigenvalue weighted by Crippen LogP contribution is -2.31. The van der Waals surface area contributed by atoms with E-state index in [1.807, 2.05) is 13.2 Å². The van der Waals surface area contributed by atoms with Crippen molar-refractivity contribution in [1.82, 2.24) is 20.3 Å². The summed E-state index contributed by atoms with van der Waals surface area (Å²) >= 11 is 0. The first-order valence-electron chi connectivity index (χ1n) is 5.84. The number of nitrogens with zero attached hydrogens (tertiary/aromatic N) is 3. The molecular weight excluding hydrogens is 188 g/mol. The molecule has 2 rings (SSSR count). The van der Waals surface area contributed by atoms with Crippen molar-refractivity contribution < 1.29 is 0 Å². The molecule has 0 aromatic carbocycles. The Hall–Kier alpha value is -0.900. The van der Waals surface area contributed by atoms with Crippen LogP contribution in [-0.4, -0.2) is 21.0 Å². The highest BCUT2D eigenvalue weighted by Gasteiger charge is 2.20. The second-order valence-corrected chi connectivity index (χ2v) is 4.60. The number of aromatic nitrogens is 3. The van der Waals surface area contributed by atoms with E-state index >= 15 is 0 Å². The third-order valence-corrected chi connectivity index (χ3v) is 3.36. The Kier molecular flexibility index (Phi) is 3.36. The number of rotatable bonds is 4. The van der Waals surface area contributed by atoms with Crippen LogP contribution in [0.25, 0.3) is 0 Å². The van der Waals surface area contributed by atoms with Gasteiger partial charge in [-0.3, -0.25) is 4.68 Å². The molecule has 1 heterocycles. The van der Waals surface area contributed by atoms with Crippen LogP contribution in [0.2, 0.25) is 0 Å². The van der Waals surface area contributed by atoms with E-state index in [0.717, 1.165) is 18.2 Å². The number of aryl methyl sites for hydroxylation is 1.